The zero-order chi connectivity index (χ0) is 22.2. The molecule has 0 unspecified atom stereocenters. The van der Waals surface area contributed by atoms with Crippen molar-refractivity contribution in [3.63, 3.8) is 0 Å². The van der Waals surface area contributed by atoms with Gasteiger partial charge < -0.3 is 25.8 Å². The quantitative estimate of drug-likeness (QED) is 0.174. The Morgan fingerprint density at radius 2 is 1.97 bits per heavy atom. The normalized spacial score (nSPS) is 13.9. The molecule has 0 radical (unpaired) electrons. The number of hydrogen-bond acceptors (Lipinski definition) is 10. The zero-order valence-electron chi connectivity index (χ0n) is 17.9. The van der Waals surface area contributed by atoms with Gasteiger partial charge >= 0.3 is 5.95 Å². The second-order valence-electron chi connectivity index (χ2n) is 7.87. The van der Waals surface area contributed by atoms with E-state index >= 15 is 0 Å². The van der Waals surface area contributed by atoms with Crippen LogP contribution in [0.1, 0.15) is 41.0 Å². The Labute approximate surface area is 170 Å². The molecule has 1 aromatic rings. The van der Waals surface area contributed by atoms with E-state index in [1.165, 1.54) is 17.0 Å². The van der Waals surface area contributed by atoms with Crippen molar-refractivity contribution in [2.75, 3.05) is 20.1 Å². The maximum atomic E-state index is 11.0. The van der Waals surface area contributed by atoms with Crippen molar-refractivity contribution in [2.24, 2.45) is 10.3 Å². The molecule has 0 aliphatic rings. The fourth-order valence-corrected chi connectivity index (χ4v) is 2.74. The number of nitrogens with zero attached hydrogens (tertiary/aromatic N) is 6. The van der Waals surface area contributed by atoms with Crippen LogP contribution in [0.15, 0.2) is 22.7 Å². The summed E-state index contributed by atoms with van der Waals surface area (Å²) in [7, 11) is 1.88. The standard InChI is InChI=1S/C17H32N8O4/c1-13(20-26)16(2,3)22-23(6)11-9-19-17(4,5)14(21-27)7-10-24-12-8-18-15(24)25(28)29/h8,12,19,22,26-27H,7,9-11H2,1-6H3/b20-13+,21-14+. The van der Waals surface area contributed by atoms with Crippen molar-refractivity contribution in [2.45, 2.75) is 58.7 Å². The SMILES string of the molecule is C/C(=N\O)C(C)(C)NN(C)CCNC(C)(C)/C(CCn1ccnc1[N+](=O)[O-])=N/O. The third-order valence-electron chi connectivity index (χ3n) is 4.83. The van der Waals surface area contributed by atoms with Gasteiger partial charge in [0.2, 0.25) is 0 Å². The number of nitrogens with one attached hydrogen (secondary N) is 2. The molecular formula is C17H32N8O4. The molecule has 1 heterocycles. The average molecular weight is 412 g/mol. The average Bonchev–Trinajstić information content (AvgIpc) is 3.09. The molecule has 0 aromatic carbocycles. The van der Waals surface area contributed by atoms with Gasteiger partial charge in [-0.2, -0.15) is 0 Å². The van der Waals surface area contributed by atoms with E-state index < -0.39 is 16.0 Å². The fraction of sp³-hybridized carbons (Fsp3) is 0.706. The van der Waals surface area contributed by atoms with E-state index in [1.807, 2.05) is 39.8 Å². The molecule has 164 valence electrons. The van der Waals surface area contributed by atoms with Crippen molar-refractivity contribution < 1.29 is 15.3 Å². The second-order valence-corrected chi connectivity index (χ2v) is 7.87. The van der Waals surface area contributed by atoms with E-state index in [9.17, 15) is 15.3 Å². The number of imidazole rings is 1. The zero-order valence-corrected chi connectivity index (χ0v) is 17.9. The van der Waals surface area contributed by atoms with Gasteiger partial charge in [0.25, 0.3) is 0 Å². The van der Waals surface area contributed by atoms with E-state index in [1.54, 1.807) is 6.92 Å². The molecule has 0 bridgehead atoms. The molecule has 1 rings (SSSR count). The van der Waals surface area contributed by atoms with Gasteiger partial charge in [0.15, 0.2) is 0 Å². The Kier molecular flexibility index (Phi) is 8.67. The van der Waals surface area contributed by atoms with E-state index in [0.717, 1.165) is 0 Å². The summed E-state index contributed by atoms with van der Waals surface area (Å²) in [6.07, 6.45) is 3.21. The van der Waals surface area contributed by atoms with Crippen molar-refractivity contribution in [1.82, 2.24) is 25.3 Å². The van der Waals surface area contributed by atoms with E-state index in [-0.39, 0.29) is 12.5 Å². The second kappa shape index (κ2) is 10.3. The molecule has 0 spiro atoms. The van der Waals surface area contributed by atoms with Crippen LogP contribution in [0.4, 0.5) is 5.95 Å². The minimum absolute atomic E-state index is 0.245. The maximum absolute atomic E-state index is 11.0. The van der Waals surface area contributed by atoms with Gasteiger partial charge in [0.1, 0.15) is 12.4 Å². The molecular weight excluding hydrogens is 380 g/mol. The van der Waals surface area contributed by atoms with E-state index in [0.29, 0.717) is 30.9 Å². The van der Waals surface area contributed by atoms with Gasteiger partial charge in [-0.25, -0.2) is 15.0 Å². The Morgan fingerprint density at radius 1 is 1.31 bits per heavy atom. The lowest BCUT2D eigenvalue weighted by atomic mass is 9.95. The molecule has 0 fully saturated rings. The largest absolute Gasteiger partial charge is 0.434 e. The number of rotatable bonds is 12. The number of nitro groups is 1. The summed E-state index contributed by atoms with van der Waals surface area (Å²) in [5.74, 6) is -0.245. The smallest absolute Gasteiger partial charge is 0.411 e. The van der Waals surface area contributed by atoms with Crippen LogP contribution >= 0.6 is 0 Å². The monoisotopic (exact) mass is 412 g/mol. The minimum Gasteiger partial charge on any atom is -0.411 e. The highest BCUT2D eigenvalue weighted by Crippen LogP contribution is 2.13. The van der Waals surface area contributed by atoms with Crippen LogP contribution in [0.5, 0.6) is 0 Å². The lowest BCUT2D eigenvalue weighted by Gasteiger charge is -2.33. The first kappa shape index (κ1) is 24.5. The Morgan fingerprint density at radius 3 is 2.52 bits per heavy atom. The molecule has 0 atom stereocenters. The van der Waals surface area contributed by atoms with Gasteiger partial charge in [0, 0.05) is 26.6 Å². The molecule has 0 saturated heterocycles. The highest BCUT2D eigenvalue weighted by atomic mass is 16.6. The van der Waals surface area contributed by atoms with Crippen LogP contribution in [-0.2, 0) is 6.54 Å². The van der Waals surface area contributed by atoms with E-state index in [4.69, 9.17) is 5.21 Å². The summed E-state index contributed by atoms with van der Waals surface area (Å²) in [5.41, 5.74) is 3.15. The van der Waals surface area contributed by atoms with Gasteiger partial charge in [-0.1, -0.05) is 15.3 Å². The first-order valence-corrected chi connectivity index (χ1v) is 9.24. The molecule has 0 amide bonds. The minimum atomic E-state index is -0.622. The van der Waals surface area contributed by atoms with Crippen molar-refractivity contribution in [3.8, 4) is 0 Å². The third kappa shape index (κ3) is 7.07. The first-order chi connectivity index (χ1) is 13.4. The predicted molar refractivity (Wildman–Crippen MR) is 110 cm³/mol. The summed E-state index contributed by atoms with van der Waals surface area (Å²) >= 11 is 0. The molecule has 0 aliphatic heterocycles. The number of aromatic nitrogens is 2. The molecule has 0 aliphatic carbocycles. The van der Waals surface area contributed by atoms with Crippen molar-refractivity contribution in [3.05, 3.63) is 22.5 Å². The Bertz CT molecular complexity index is 742. The van der Waals surface area contributed by atoms with Gasteiger partial charge in [0.05, 0.1) is 29.0 Å². The molecule has 29 heavy (non-hydrogen) atoms. The highest BCUT2D eigenvalue weighted by molar-refractivity contribution is 5.92. The predicted octanol–water partition coefficient (Wildman–Crippen LogP) is 1.44. The Balaban J connectivity index is 2.59. The van der Waals surface area contributed by atoms with Crippen molar-refractivity contribution in [1.29, 1.82) is 0 Å². The molecule has 4 N–H and O–H groups in total. The number of likely N-dealkylation sites (N-methyl/N-ethyl adjacent to an activating group) is 1. The number of hydrogen-bond donors (Lipinski definition) is 4. The summed E-state index contributed by atoms with van der Waals surface area (Å²) in [4.78, 5) is 14.1. The summed E-state index contributed by atoms with van der Waals surface area (Å²) in [6, 6.07) is 0. The highest BCUT2D eigenvalue weighted by Gasteiger charge is 2.27. The van der Waals surface area contributed by atoms with Crippen LogP contribution in [0, 0.1) is 10.1 Å². The van der Waals surface area contributed by atoms with Gasteiger partial charge in [-0.15, -0.1) is 0 Å². The van der Waals surface area contributed by atoms with Crippen LogP contribution in [0.3, 0.4) is 0 Å². The lowest BCUT2D eigenvalue weighted by Crippen LogP contribution is -2.56. The van der Waals surface area contributed by atoms with Crippen molar-refractivity contribution >= 4 is 17.4 Å². The van der Waals surface area contributed by atoms with E-state index in [2.05, 4.69) is 26.0 Å². The van der Waals surface area contributed by atoms with Crippen LogP contribution in [0.2, 0.25) is 0 Å². The maximum Gasteiger partial charge on any atom is 0.434 e. The summed E-state index contributed by atoms with van der Waals surface area (Å²) < 4.78 is 1.41. The van der Waals surface area contributed by atoms with Crippen LogP contribution in [-0.4, -0.2) is 72.5 Å². The third-order valence-corrected chi connectivity index (χ3v) is 4.83. The fourth-order valence-electron chi connectivity index (χ4n) is 2.74. The lowest BCUT2D eigenvalue weighted by molar-refractivity contribution is -0.396. The number of oxime groups is 2. The molecule has 12 nitrogen and oxygen atoms in total. The van der Waals surface area contributed by atoms with Crippen LogP contribution < -0.4 is 10.7 Å². The first-order valence-electron chi connectivity index (χ1n) is 9.24. The molecule has 12 heteroatoms. The number of aryl methyl sites for hydroxylation is 1. The summed E-state index contributed by atoms with van der Waals surface area (Å²) in [6.45, 7) is 10.8. The topological polar surface area (TPSA) is 153 Å². The molecule has 0 saturated carbocycles. The summed E-state index contributed by atoms with van der Waals surface area (Å²) in [5, 5.41) is 41.2. The van der Waals surface area contributed by atoms with Crippen LogP contribution in [0.25, 0.3) is 0 Å². The molecule has 1 aromatic heterocycles. The van der Waals surface area contributed by atoms with Gasteiger partial charge in [-0.3, -0.25) is 0 Å². The Hall–Kier alpha value is -2.57. The number of hydrazine groups is 1. The van der Waals surface area contributed by atoms with Gasteiger partial charge in [-0.05, 0) is 39.5 Å².